The predicted octanol–water partition coefficient (Wildman–Crippen LogP) is -0.0234. The first kappa shape index (κ1) is 15.0. The maximum Gasteiger partial charge on any atom is 0.307 e. The van der Waals surface area contributed by atoms with E-state index in [2.05, 4.69) is 0 Å². The maximum absolute atomic E-state index is 12.6. The summed E-state index contributed by atoms with van der Waals surface area (Å²) in [6.45, 7) is 0.829. The van der Waals surface area contributed by atoms with Crippen LogP contribution in [0.1, 0.15) is 6.42 Å². The molecule has 0 aliphatic heterocycles. The van der Waals surface area contributed by atoms with Crippen LogP contribution >= 0.6 is 0 Å². The second-order valence-electron chi connectivity index (χ2n) is 5.38. The van der Waals surface area contributed by atoms with Crippen molar-refractivity contribution in [3.63, 3.8) is 0 Å². The van der Waals surface area contributed by atoms with E-state index in [1.807, 2.05) is 12.2 Å². The van der Waals surface area contributed by atoms with E-state index in [1.165, 1.54) is 4.90 Å². The Bertz CT molecular complexity index is 408. The lowest BCUT2D eigenvalue weighted by Gasteiger charge is -2.30. The normalized spacial score (nSPS) is 30.7. The summed E-state index contributed by atoms with van der Waals surface area (Å²) < 4.78 is 4.96. The molecule has 20 heavy (non-hydrogen) atoms. The fraction of sp³-hybridized carbons (Fsp3) is 0.714. The molecular formula is C14H21NO5. The molecule has 0 radical (unpaired) electrons. The van der Waals surface area contributed by atoms with Gasteiger partial charge in [0.1, 0.15) is 0 Å². The average molecular weight is 283 g/mol. The zero-order chi connectivity index (χ0) is 14.7. The first-order valence-corrected chi connectivity index (χ1v) is 6.89. The van der Waals surface area contributed by atoms with Gasteiger partial charge in [0.15, 0.2) is 0 Å². The molecule has 4 atom stereocenters. The number of rotatable bonds is 7. The number of carbonyl (C=O) groups excluding carboxylic acids is 1. The number of methoxy groups -OCH3 is 1. The van der Waals surface area contributed by atoms with Crippen LogP contribution in [-0.2, 0) is 14.3 Å². The zero-order valence-electron chi connectivity index (χ0n) is 11.6. The quantitative estimate of drug-likeness (QED) is 0.641. The Morgan fingerprint density at radius 1 is 1.25 bits per heavy atom. The van der Waals surface area contributed by atoms with E-state index < -0.39 is 17.8 Å². The lowest BCUT2D eigenvalue weighted by Crippen LogP contribution is -2.45. The standard InChI is InChI=1S/C14H21NO5/c1-20-7-5-15(4-6-16)13(17)11-9-2-3-10(8-9)12(11)14(18)19/h2-3,9-12,16H,4-8H2,1H3,(H,18,19). The van der Waals surface area contributed by atoms with Gasteiger partial charge in [0, 0.05) is 20.2 Å². The summed E-state index contributed by atoms with van der Waals surface area (Å²) in [4.78, 5) is 25.5. The summed E-state index contributed by atoms with van der Waals surface area (Å²) >= 11 is 0. The molecule has 4 unspecified atom stereocenters. The molecule has 2 aliphatic rings. The number of hydrogen-bond acceptors (Lipinski definition) is 4. The van der Waals surface area contributed by atoms with E-state index in [-0.39, 0.29) is 30.9 Å². The van der Waals surface area contributed by atoms with Crippen LogP contribution < -0.4 is 0 Å². The molecule has 6 nitrogen and oxygen atoms in total. The van der Waals surface area contributed by atoms with Crippen molar-refractivity contribution in [2.24, 2.45) is 23.7 Å². The Hall–Kier alpha value is -1.40. The van der Waals surface area contributed by atoms with E-state index in [0.29, 0.717) is 13.2 Å². The van der Waals surface area contributed by atoms with Gasteiger partial charge in [-0.05, 0) is 18.3 Å². The largest absolute Gasteiger partial charge is 0.481 e. The molecule has 0 aromatic heterocycles. The van der Waals surface area contributed by atoms with Crippen LogP contribution in [0.3, 0.4) is 0 Å². The summed E-state index contributed by atoms with van der Waals surface area (Å²) in [5, 5.41) is 18.4. The van der Waals surface area contributed by atoms with Gasteiger partial charge < -0.3 is 19.8 Å². The smallest absolute Gasteiger partial charge is 0.307 e. The van der Waals surface area contributed by atoms with Gasteiger partial charge in [-0.15, -0.1) is 0 Å². The van der Waals surface area contributed by atoms with E-state index in [4.69, 9.17) is 9.84 Å². The second-order valence-corrected chi connectivity index (χ2v) is 5.38. The first-order chi connectivity index (χ1) is 9.60. The lowest BCUT2D eigenvalue weighted by molar-refractivity contribution is -0.151. The molecule has 2 N–H and O–H groups in total. The van der Waals surface area contributed by atoms with Crippen molar-refractivity contribution in [3.8, 4) is 0 Å². The topological polar surface area (TPSA) is 87.1 Å². The van der Waals surface area contributed by atoms with E-state index in [1.54, 1.807) is 7.11 Å². The second kappa shape index (κ2) is 6.37. The highest BCUT2D eigenvalue weighted by Gasteiger charge is 2.52. The fourth-order valence-electron chi connectivity index (χ4n) is 3.36. The van der Waals surface area contributed by atoms with Crippen molar-refractivity contribution < 1.29 is 24.5 Å². The number of allylic oxidation sites excluding steroid dienone is 2. The molecule has 6 heteroatoms. The maximum atomic E-state index is 12.6. The summed E-state index contributed by atoms with van der Waals surface area (Å²) in [6, 6.07) is 0. The summed E-state index contributed by atoms with van der Waals surface area (Å²) in [5.74, 6) is -2.26. The molecule has 1 amide bonds. The number of ether oxygens (including phenoxy) is 1. The van der Waals surface area contributed by atoms with Gasteiger partial charge >= 0.3 is 5.97 Å². The summed E-state index contributed by atoms with van der Waals surface area (Å²) in [5.41, 5.74) is 0. The highest BCUT2D eigenvalue weighted by molar-refractivity contribution is 5.87. The number of amides is 1. The highest BCUT2D eigenvalue weighted by atomic mass is 16.5. The molecule has 0 spiro atoms. The van der Waals surface area contributed by atoms with Crippen molar-refractivity contribution in [1.82, 2.24) is 4.90 Å². The molecule has 2 rings (SSSR count). The number of carboxylic acid groups (broad SMARTS) is 1. The Morgan fingerprint density at radius 3 is 2.45 bits per heavy atom. The summed E-state index contributed by atoms with van der Waals surface area (Å²) in [7, 11) is 1.54. The fourth-order valence-corrected chi connectivity index (χ4v) is 3.36. The van der Waals surface area contributed by atoms with Crippen LogP contribution in [0.2, 0.25) is 0 Å². The Kier molecular flexibility index (Phi) is 4.77. The lowest BCUT2D eigenvalue weighted by atomic mass is 9.82. The zero-order valence-corrected chi connectivity index (χ0v) is 11.6. The number of aliphatic hydroxyl groups excluding tert-OH is 1. The van der Waals surface area contributed by atoms with Crippen LogP contribution in [0, 0.1) is 23.7 Å². The molecular weight excluding hydrogens is 262 g/mol. The third-order valence-electron chi connectivity index (χ3n) is 4.28. The molecule has 0 saturated heterocycles. The minimum Gasteiger partial charge on any atom is -0.481 e. The van der Waals surface area contributed by atoms with E-state index >= 15 is 0 Å². The number of nitrogens with zero attached hydrogens (tertiary/aromatic N) is 1. The molecule has 0 heterocycles. The van der Waals surface area contributed by atoms with Gasteiger partial charge in [0.25, 0.3) is 0 Å². The first-order valence-electron chi connectivity index (χ1n) is 6.89. The molecule has 2 aliphatic carbocycles. The molecule has 1 saturated carbocycles. The van der Waals surface area contributed by atoms with Gasteiger partial charge in [0.05, 0.1) is 25.0 Å². The number of fused-ring (bicyclic) bond motifs is 2. The number of hydrogen-bond donors (Lipinski definition) is 2. The van der Waals surface area contributed by atoms with E-state index in [0.717, 1.165) is 6.42 Å². The number of aliphatic hydroxyl groups is 1. The van der Waals surface area contributed by atoms with Crippen LogP contribution in [0.25, 0.3) is 0 Å². The number of carbonyl (C=O) groups is 2. The number of aliphatic carboxylic acids is 1. The van der Waals surface area contributed by atoms with Gasteiger partial charge in [-0.1, -0.05) is 12.2 Å². The van der Waals surface area contributed by atoms with Crippen LogP contribution in [0.5, 0.6) is 0 Å². The molecule has 0 aromatic carbocycles. The minimum absolute atomic E-state index is 0.0114. The monoisotopic (exact) mass is 283 g/mol. The summed E-state index contributed by atoms with van der Waals surface area (Å²) in [6.07, 6.45) is 4.61. The predicted molar refractivity (Wildman–Crippen MR) is 70.9 cm³/mol. The molecule has 0 aromatic rings. The Labute approximate surface area is 118 Å². The van der Waals surface area contributed by atoms with Gasteiger partial charge in [0.2, 0.25) is 5.91 Å². The van der Waals surface area contributed by atoms with Crippen molar-refractivity contribution in [2.45, 2.75) is 6.42 Å². The third-order valence-corrected chi connectivity index (χ3v) is 4.28. The van der Waals surface area contributed by atoms with Gasteiger partial charge in [-0.2, -0.15) is 0 Å². The van der Waals surface area contributed by atoms with Crippen LogP contribution in [-0.4, -0.2) is 60.4 Å². The van der Waals surface area contributed by atoms with Gasteiger partial charge in [-0.3, -0.25) is 9.59 Å². The number of carboxylic acids is 1. The minimum atomic E-state index is -0.907. The Balaban J connectivity index is 2.13. The average Bonchev–Trinajstić information content (AvgIpc) is 3.02. The molecule has 1 fully saturated rings. The Morgan fingerprint density at radius 2 is 1.90 bits per heavy atom. The van der Waals surface area contributed by atoms with Gasteiger partial charge in [-0.25, -0.2) is 0 Å². The van der Waals surface area contributed by atoms with Crippen molar-refractivity contribution in [1.29, 1.82) is 0 Å². The van der Waals surface area contributed by atoms with E-state index in [9.17, 15) is 14.7 Å². The van der Waals surface area contributed by atoms with Crippen molar-refractivity contribution in [3.05, 3.63) is 12.2 Å². The third kappa shape index (κ3) is 2.71. The van der Waals surface area contributed by atoms with Crippen LogP contribution in [0.15, 0.2) is 12.2 Å². The van der Waals surface area contributed by atoms with Crippen molar-refractivity contribution >= 4 is 11.9 Å². The van der Waals surface area contributed by atoms with Crippen LogP contribution in [0.4, 0.5) is 0 Å². The highest BCUT2D eigenvalue weighted by Crippen LogP contribution is 2.48. The SMILES string of the molecule is COCCN(CCO)C(=O)C1C2C=CC(C2)C1C(=O)O. The molecule has 112 valence electrons. The van der Waals surface area contributed by atoms with Crippen molar-refractivity contribution in [2.75, 3.05) is 33.4 Å². The molecule has 2 bridgehead atoms.